The number of methoxy groups -OCH3 is 2. The molecule has 3 aromatic rings. The SMILES string of the molecule is COc1cccc(OC)c1C(=O)Nc1nc2ccc(S(N)(=O)=O)cc2s1. The molecule has 0 aliphatic carbocycles. The highest BCUT2D eigenvalue weighted by atomic mass is 32.2. The second-order valence-corrected chi connectivity index (χ2v) is 7.78. The molecule has 0 saturated carbocycles. The molecule has 0 aliphatic heterocycles. The fourth-order valence-corrected chi connectivity index (χ4v) is 3.88. The van der Waals surface area contributed by atoms with Crippen molar-refractivity contribution in [2.45, 2.75) is 4.90 Å². The summed E-state index contributed by atoms with van der Waals surface area (Å²) < 4.78 is 33.9. The van der Waals surface area contributed by atoms with Crippen molar-refractivity contribution in [2.24, 2.45) is 5.14 Å². The van der Waals surface area contributed by atoms with Crippen LogP contribution in [0.4, 0.5) is 5.13 Å². The van der Waals surface area contributed by atoms with E-state index in [0.29, 0.717) is 26.8 Å². The standard InChI is InChI=1S/C16H15N3O5S2/c1-23-11-4-3-5-12(24-2)14(11)15(20)19-16-18-10-7-6-9(26(17,21)22)8-13(10)25-16/h3-8H,1-2H3,(H2,17,21,22)(H,18,19,20). The van der Waals surface area contributed by atoms with Crippen molar-refractivity contribution in [3.63, 3.8) is 0 Å². The Labute approximate surface area is 153 Å². The van der Waals surface area contributed by atoms with Crippen LogP contribution in [-0.2, 0) is 10.0 Å². The summed E-state index contributed by atoms with van der Waals surface area (Å²) in [4.78, 5) is 16.9. The highest BCUT2D eigenvalue weighted by Gasteiger charge is 2.20. The predicted octanol–water partition coefficient (Wildman–Crippen LogP) is 2.21. The molecule has 0 bridgehead atoms. The molecular weight excluding hydrogens is 378 g/mol. The molecule has 136 valence electrons. The van der Waals surface area contributed by atoms with E-state index in [0.717, 1.165) is 11.3 Å². The van der Waals surface area contributed by atoms with Crippen LogP contribution in [0, 0.1) is 0 Å². The number of carbonyl (C=O) groups is 1. The number of fused-ring (bicyclic) bond motifs is 1. The lowest BCUT2D eigenvalue weighted by Crippen LogP contribution is -2.14. The summed E-state index contributed by atoms with van der Waals surface area (Å²) in [7, 11) is -0.898. The van der Waals surface area contributed by atoms with Gasteiger partial charge >= 0.3 is 0 Å². The first kappa shape index (κ1) is 18.1. The minimum Gasteiger partial charge on any atom is -0.496 e. The lowest BCUT2D eigenvalue weighted by Gasteiger charge is -2.11. The Bertz CT molecular complexity index is 1070. The second kappa shape index (κ2) is 6.90. The number of hydrogen-bond donors (Lipinski definition) is 2. The topological polar surface area (TPSA) is 121 Å². The lowest BCUT2D eigenvalue weighted by atomic mass is 10.1. The summed E-state index contributed by atoms with van der Waals surface area (Å²) in [5.41, 5.74) is 0.784. The average molecular weight is 393 g/mol. The Morgan fingerprint density at radius 2 is 1.81 bits per heavy atom. The smallest absolute Gasteiger partial charge is 0.265 e. The third kappa shape index (κ3) is 3.47. The number of nitrogens with one attached hydrogen (secondary N) is 1. The van der Waals surface area contributed by atoms with E-state index in [1.54, 1.807) is 18.2 Å². The van der Waals surface area contributed by atoms with Gasteiger partial charge in [-0.1, -0.05) is 17.4 Å². The van der Waals surface area contributed by atoms with Gasteiger partial charge < -0.3 is 9.47 Å². The molecule has 1 aromatic heterocycles. The number of aromatic nitrogens is 1. The molecule has 1 amide bonds. The van der Waals surface area contributed by atoms with Crippen LogP contribution in [0.1, 0.15) is 10.4 Å². The molecule has 3 rings (SSSR count). The van der Waals surface area contributed by atoms with E-state index in [9.17, 15) is 13.2 Å². The normalized spacial score (nSPS) is 11.3. The largest absolute Gasteiger partial charge is 0.496 e. The first-order valence-electron chi connectivity index (χ1n) is 7.29. The third-order valence-corrected chi connectivity index (χ3v) is 5.41. The summed E-state index contributed by atoms with van der Waals surface area (Å²) in [5, 5.41) is 8.13. The fraction of sp³-hybridized carbons (Fsp3) is 0.125. The number of sulfonamides is 1. The third-order valence-electron chi connectivity index (χ3n) is 3.56. The van der Waals surface area contributed by atoms with Gasteiger partial charge in [-0.2, -0.15) is 0 Å². The zero-order valence-corrected chi connectivity index (χ0v) is 15.5. The van der Waals surface area contributed by atoms with Crippen LogP contribution in [0.25, 0.3) is 10.2 Å². The van der Waals surface area contributed by atoms with Gasteiger partial charge in [-0.15, -0.1) is 0 Å². The van der Waals surface area contributed by atoms with E-state index in [-0.39, 0.29) is 10.5 Å². The first-order chi connectivity index (χ1) is 12.3. The van der Waals surface area contributed by atoms with Crippen molar-refractivity contribution in [1.82, 2.24) is 4.98 Å². The number of rotatable bonds is 5. The minimum absolute atomic E-state index is 0.0158. The molecule has 3 N–H and O–H groups in total. The van der Waals surface area contributed by atoms with E-state index < -0.39 is 15.9 Å². The molecule has 0 atom stereocenters. The van der Waals surface area contributed by atoms with Gasteiger partial charge in [-0.3, -0.25) is 10.1 Å². The van der Waals surface area contributed by atoms with Crippen molar-refractivity contribution < 1.29 is 22.7 Å². The van der Waals surface area contributed by atoms with Crippen molar-refractivity contribution in [2.75, 3.05) is 19.5 Å². The molecule has 1 heterocycles. The number of thiazole rings is 1. The number of benzene rings is 2. The maximum absolute atomic E-state index is 12.7. The molecule has 10 heteroatoms. The van der Waals surface area contributed by atoms with Gasteiger partial charge in [0.2, 0.25) is 10.0 Å². The number of nitrogens with zero attached hydrogens (tertiary/aromatic N) is 1. The van der Waals surface area contributed by atoms with E-state index in [4.69, 9.17) is 14.6 Å². The van der Waals surface area contributed by atoms with Crippen LogP contribution in [0.5, 0.6) is 11.5 Å². The van der Waals surface area contributed by atoms with E-state index in [1.807, 2.05) is 0 Å². The van der Waals surface area contributed by atoms with E-state index in [2.05, 4.69) is 10.3 Å². The Kier molecular flexibility index (Phi) is 4.81. The van der Waals surface area contributed by atoms with E-state index in [1.165, 1.54) is 32.4 Å². The number of nitrogens with two attached hydrogens (primary N) is 1. The van der Waals surface area contributed by atoms with Crippen LogP contribution >= 0.6 is 11.3 Å². The second-order valence-electron chi connectivity index (χ2n) is 5.19. The first-order valence-corrected chi connectivity index (χ1v) is 9.65. The number of ether oxygens (including phenoxy) is 2. The number of amides is 1. The molecule has 8 nitrogen and oxygen atoms in total. The summed E-state index contributed by atoms with van der Waals surface area (Å²) in [6, 6.07) is 9.32. The van der Waals surface area contributed by atoms with Crippen LogP contribution < -0.4 is 19.9 Å². The average Bonchev–Trinajstić information content (AvgIpc) is 3.01. The molecule has 0 spiro atoms. The Hall–Kier alpha value is -2.69. The van der Waals surface area contributed by atoms with Crippen LogP contribution in [-0.4, -0.2) is 33.5 Å². The van der Waals surface area contributed by atoms with Crippen LogP contribution in [0.3, 0.4) is 0 Å². The van der Waals surface area contributed by atoms with Gasteiger partial charge in [0, 0.05) is 0 Å². The summed E-state index contributed by atoms with van der Waals surface area (Å²) >= 11 is 1.13. The fourth-order valence-electron chi connectivity index (χ4n) is 2.37. The molecule has 0 saturated heterocycles. The van der Waals surface area contributed by atoms with Gasteiger partial charge in [0.15, 0.2) is 5.13 Å². The monoisotopic (exact) mass is 393 g/mol. The van der Waals surface area contributed by atoms with Crippen molar-refractivity contribution in [3.8, 4) is 11.5 Å². The van der Waals surface area contributed by atoms with Crippen molar-refractivity contribution in [3.05, 3.63) is 42.0 Å². The minimum atomic E-state index is -3.81. The van der Waals surface area contributed by atoms with Crippen LogP contribution in [0.15, 0.2) is 41.3 Å². The Morgan fingerprint density at radius 3 is 2.38 bits per heavy atom. The van der Waals surface area contributed by atoms with Gasteiger partial charge in [0.05, 0.1) is 29.3 Å². The molecule has 26 heavy (non-hydrogen) atoms. The molecule has 0 aliphatic rings. The number of anilines is 1. The molecular formula is C16H15N3O5S2. The van der Waals surface area contributed by atoms with Gasteiger partial charge in [0.1, 0.15) is 17.1 Å². The molecule has 2 aromatic carbocycles. The van der Waals surface area contributed by atoms with Gasteiger partial charge in [0.25, 0.3) is 5.91 Å². The molecule has 0 fully saturated rings. The summed E-state index contributed by atoms with van der Waals surface area (Å²) in [6.07, 6.45) is 0. The zero-order valence-electron chi connectivity index (χ0n) is 13.8. The molecule has 0 unspecified atom stereocenters. The highest BCUT2D eigenvalue weighted by Crippen LogP contribution is 2.31. The summed E-state index contributed by atoms with van der Waals surface area (Å²) in [6.45, 7) is 0. The van der Waals surface area contributed by atoms with E-state index >= 15 is 0 Å². The quantitative estimate of drug-likeness (QED) is 0.686. The molecule has 0 radical (unpaired) electrons. The lowest BCUT2D eigenvalue weighted by molar-refractivity contribution is 0.102. The van der Waals surface area contributed by atoms with Gasteiger partial charge in [-0.05, 0) is 30.3 Å². The van der Waals surface area contributed by atoms with Crippen molar-refractivity contribution >= 4 is 42.6 Å². The maximum atomic E-state index is 12.7. The van der Waals surface area contributed by atoms with Gasteiger partial charge in [-0.25, -0.2) is 18.5 Å². The van der Waals surface area contributed by atoms with Crippen LogP contribution in [0.2, 0.25) is 0 Å². The zero-order chi connectivity index (χ0) is 18.9. The number of carbonyl (C=O) groups excluding carboxylic acids is 1. The Balaban J connectivity index is 1.96. The number of hydrogen-bond acceptors (Lipinski definition) is 7. The highest BCUT2D eigenvalue weighted by molar-refractivity contribution is 7.89. The Morgan fingerprint density at radius 1 is 1.15 bits per heavy atom. The maximum Gasteiger partial charge on any atom is 0.265 e. The predicted molar refractivity (Wildman–Crippen MR) is 98.5 cm³/mol. The number of primary sulfonamides is 1. The summed E-state index contributed by atoms with van der Waals surface area (Å²) in [5.74, 6) is 0.268. The van der Waals surface area contributed by atoms with Crippen molar-refractivity contribution in [1.29, 1.82) is 0 Å².